The quantitative estimate of drug-likeness (QED) is 0.756. The number of benzene rings is 2. The first kappa shape index (κ1) is 15.9. The van der Waals surface area contributed by atoms with Crippen LogP contribution >= 0.6 is 0 Å². The lowest BCUT2D eigenvalue weighted by Gasteiger charge is -2.12. The van der Waals surface area contributed by atoms with Crippen LogP contribution in [0.25, 0.3) is 0 Å². The van der Waals surface area contributed by atoms with Gasteiger partial charge in [0.15, 0.2) is 11.5 Å². The second kappa shape index (κ2) is 7.50. The zero-order chi connectivity index (χ0) is 15.9. The molecule has 0 saturated carbocycles. The van der Waals surface area contributed by atoms with Gasteiger partial charge in [0, 0.05) is 11.8 Å². The van der Waals surface area contributed by atoms with Crippen molar-refractivity contribution < 1.29 is 14.2 Å². The Balaban J connectivity index is 2.29. The molecule has 2 aromatic rings. The summed E-state index contributed by atoms with van der Waals surface area (Å²) >= 11 is 0. The predicted octanol–water partition coefficient (Wildman–Crippen LogP) is 4.03. The van der Waals surface area contributed by atoms with Crippen molar-refractivity contribution in [3.05, 3.63) is 47.5 Å². The zero-order valence-corrected chi connectivity index (χ0v) is 13.4. The van der Waals surface area contributed by atoms with Gasteiger partial charge >= 0.3 is 0 Å². The summed E-state index contributed by atoms with van der Waals surface area (Å²) < 4.78 is 16.0. The van der Waals surface area contributed by atoms with Gasteiger partial charge < -0.3 is 14.2 Å². The molecule has 4 heteroatoms. The lowest BCUT2D eigenvalue weighted by Crippen LogP contribution is -1.96. The molecule has 2 rings (SSSR count). The van der Waals surface area contributed by atoms with E-state index in [1.807, 2.05) is 24.3 Å². The molecule has 0 N–H and O–H groups in total. The van der Waals surface area contributed by atoms with E-state index >= 15 is 0 Å². The molecule has 0 bridgehead atoms. The van der Waals surface area contributed by atoms with Gasteiger partial charge in [0.2, 0.25) is 5.75 Å². The van der Waals surface area contributed by atoms with Gasteiger partial charge in [-0.1, -0.05) is 19.1 Å². The lowest BCUT2D eigenvalue weighted by molar-refractivity contribution is 0.324. The first-order chi connectivity index (χ1) is 10.7. The molecule has 0 aliphatic rings. The molecule has 4 nitrogen and oxygen atoms in total. The van der Waals surface area contributed by atoms with Gasteiger partial charge in [0.05, 0.1) is 27.0 Å². The Hall–Kier alpha value is -2.49. The summed E-state index contributed by atoms with van der Waals surface area (Å²) in [6.07, 6.45) is 2.81. The van der Waals surface area contributed by atoms with Crippen LogP contribution in [0.15, 0.2) is 41.4 Å². The van der Waals surface area contributed by atoms with E-state index in [-0.39, 0.29) is 0 Å². The van der Waals surface area contributed by atoms with Crippen molar-refractivity contribution in [1.82, 2.24) is 0 Å². The van der Waals surface area contributed by atoms with Crippen LogP contribution in [0.2, 0.25) is 0 Å². The highest BCUT2D eigenvalue weighted by Crippen LogP contribution is 2.37. The van der Waals surface area contributed by atoms with Crippen LogP contribution < -0.4 is 14.2 Å². The standard InChI is InChI=1S/C18H21NO3/c1-5-13-6-8-15(9-7-13)19-12-14-10-16(20-2)18(22-4)17(11-14)21-3/h6-12H,5H2,1-4H3. The Bertz CT molecular complexity index is 623. The first-order valence-electron chi connectivity index (χ1n) is 7.14. The average Bonchev–Trinajstić information content (AvgIpc) is 2.59. The summed E-state index contributed by atoms with van der Waals surface area (Å²) in [6, 6.07) is 11.9. The fraction of sp³-hybridized carbons (Fsp3) is 0.278. The molecule has 0 amide bonds. The Kier molecular flexibility index (Phi) is 5.42. The number of aryl methyl sites for hydroxylation is 1. The second-order valence-electron chi connectivity index (χ2n) is 4.74. The maximum atomic E-state index is 5.34. The van der Waals surface area contributed by atoms with Crippen LogP contribution in [0.5, 0.6) is 17.2 Å². The number of nitrogens with zero attached hydrogens (tertiary/aromatic N) is 1. The van der Waals surface area contributed by atoms with Crippen LogP contribution in [-0.4, -0.2) is 27.5 Å². The minimum atomic E-state index is 0.578. The predicted molar refractivity (Wildman–Crippen MR) is 89.2 cm³/mol. The van der Waals surface area contributed by atoms with Crippen LogP contribution in [0, 0.1) is 0 Å². The van der Waals surface area contributed by atoms with E-state index in [0.717, 1.165) is 17.7 Å². The van der Waals surface area contributed by atoms with Gasteiger partial charge in [0.1, 0.15) is 0 Å². The van der Waals surface area contributed by atoms with Crippen LogP contribution in [0.3, 0.4) is 0 Å². The fourth-order valence-corrected chi connectivity index (χ4v) is 2.14. The van der Waals surface area contributed by atoms with Crippen LogP contribution in [-0.2, 0) is 6.42 Å². The highest BCUT2D eigenvalue weighted by atomic mass is 16.5. The van der Waals surface area contributed by atoms with E-state index in [1.54, 1.807) is 27.5 Å². The number of hydrogen-bond donors (Lipinski definition) is 0. The SMILES string of the molecule is CCc1ccc(N=Cc2cc(OC)c(OC)c(OC)c2)cc1. The molecule has 116 valence electrons. The number of rotatable bonds is 6. The monoisotopic (exact) mass is 299 g/mol. The molecule has 0 fully saturated rings. The van der Waals surface area contributed by atoms with Crippen LogP contribution in [0.4, 0.5) is 5.69 Å². The van der Waals surface area contributed by atoms with E-state index < -0.39 is 0 Å². The maximum Gasteiger partial charge on any atom is 0.203 e. The summed E-state index contributed by atoms with van der Waals surface area (Å²) in [4.78, 5) is 4.48. The summed E-state index contributed by atoms with van der Waals surface area (Å²) in [5.74, 6) is 1.81. The van der Waals surface area contributed by atoms with Crippen molar-refractivity contribution in [3.8, 4) is 17.2 Å². The molecule has 0 radical (unpaired) electrons. The topological polar surface area (TPSA) is 40.0 Å². The molecule has 0 aliphatic heterocycles. The van der Waals surface area contributed by atoms with E-state index in [0.29, 0.717) is 17.2 Å². The van der Waals surface area contributed by atoms with Crippen molar-refractivity contribution in [3.63, 3.8) is 0 Å². The summed E-state index contributed by atoms with van der Waals surface area (Å²) in [7, 11) is 4.78. The highest BCUT2D eigenvalue weighted by Gasteiger charge is 2.12. The van der Waals surface area contributed by atoms with Crippen molar-refractivity contribution >= 4 is 11.9 Å². The molecule has 0 unspecified atom stereocenters. The van der Waals surface area contributed by atoms with Crippen molar-refractivity contribution in [2.24, 2.45) is 4.99 Å². The first-order valence-corrected chi connectivity index (χ1v) is 7.14. The Morgan fingerprint density at radius 1 is 0.909 bits per heavy atom. The molecular formula is C18H21NO3. The second-order valence-corrected chi connectivity index (χ2v) is 4.74. The normalized spacial score (nSPS) is 10.7. The summed E-state index contributed by atoms with van der Waals surface area (Å²) in [6.45, 7) is 2.13. The molecule has 0 aromatic heterocycles. The molecule has 22 heavy (non-hydrogen) atoms. The Morgan fingerprint density at radius 2 is 1.50 bits per heavy atom. The summed E-state index contributed by atoms with van der Waals surface area (Å²) in [5, 5.41) is 0. The van der Waals surface area contributed by atoms with Crippen LogP contribution in [0.1, 0.15) is 18.1 Å². The Labute approximate surface area is 131 Å². The molecular weight excluding hydrogens is 278 g/mol. The van der Waals surface area contributed by atoms with E-state index in [4.69, 9.17) is 14.2 Å². The van der Waals surface area contributed by atoms with Gasteiger partial charge in [0.25, 0.3) is 0 Å². The minimum absolute atomic E-state index is 0.578. The lowest BCUT2D eigenvalue weighted by atomic mass is 10.1. The van der Waals surface area contributed by atoms with Gasteiger partial charge in [-0.15, -0.1) is 0 Å². The maximum absolute atomic E-state index is 5.34. The average molecular weight is 299 g/mol. The Morgan fingerprint density at radius 3 is 1.95 bits per heavy atom. The van der Waals surface area contributed by atoms with Gasteiger partial charge in [-0.05, 0) is 36.2 Å². The minimum Gasteiger partial charge on any atom is -0.493 e. The number of aliphatic imine (C=N–C) groups is 1. The smallest absolute Gasteiger partial charge is 0.203 e. The van der Waals surface area contributed by atoms with E-state index in [1.165, 1.54) is 5.56 Å². The third kappa shape index (κ3) is 3.58. The van der Waals surface area contributed by atoms with Gasteiger partial charge in [-0.25, -0.2) is 0 Å². The largest absolute Gasteiger partial charge is 0.493 e. The van der Waals surface area contributed by atoms with Crippen molar-refractivity contribution in [2.75, 3.05) is 21.3 Å². The highest BCUT2D eigenvalue weighted by molar-refractivity contribution is 5.84. The fourth-order valence-electron chi connectivity index (χ4n) is 2.14. The van der Waals surface area contributed by atoms with Crippen molar-refractivity contribution in [1.29, 1.82) is 0 Å². The molecule has 0 saturated heterocycles. The molecule has 0 aliphatic carbocycles. The number of hydrogen-bond acceptors (Lipinski definition) is 4. The van der Waals surface area contributed by atoms with Crippen molar-refractivity contribution in [2.45, 2.75) is 13.3 Å². The molecule has 0 heterocycles. The zero-order valence-electron chi connectivity index (χ0n) is 13.4. The number of ether oxygens (including phenoxy) is 3. The molecule has 2 aromatic carbocycles. The van der Waals surface area contributed by atoms with Gasteiger partial charge in [-0.3, -0.25) is 4.99 Å². The molecule has 0 spiro atoms. The van der Waals surface area contributed by atoms with Gasteiger partial charge in [-0.2, -0.15) is 0 Å². The summed E-state index contributed by atoms with van der Waals surface area (Å²) in [5.41, 5.74) is 3.09. The third-order valence-corrected chi connectivity index (χ3v) is 3.39. The van der Waals surface area contributed by atoms with E-state index in [2.05, 4.69) is 24.0 Å². The number of methoxy groups -OCH3 is 3. The van der Waals surface area contributed by atoms with E-state index in [9.17, 15) is 0 Å². The molecule has 0 atom stereocenters. The third-order valence-electron chi connectivity index (χ3n) is 3.39.